The van der Waals surface area contributed by atoms with Gasteiger partial charge in [0.15, 0.2) is 0 Å². The lowest BCUT2D eigenvalue weighted by Crippen LogP contribution is -2.40. The molecule has 1 aromatic heterocycles. The fourth-order valence-corrected chi connectivity index (χ4v) is 2.95. The predicted molar refractivity (Wildman–Crippen MR) is 89.5 cm³/mol. The summed E-state index contributed by atoms with van der Waals surface area (Å²) in [6.45, 7) is 1.98. The summed E-state index contributed by atoms with van der Waals surface area (Å²) in [6.07, 6.45) is 3.74. The van der Waals surface area contributed by atoms with Crippen molar-refractivity contribution in [3.05, 3.63) is 30.2 Å². The van der Waals surface area contributed by atoms with E-state index in [4.69, 9.17) is 9.52 Å². The van der Waals surface area contributed by atoms with Gasteiger partial charge in [-0.15, -0.1) is 10.2 Å². The second-order valence-electron chi connectivity index (χ2n) is 6.20. The van der Waals surface area contributed by atoms with Crippen LogP contribution in [0, 0.1) is 12.8 Å². The van der Waals surface area contributed by atoms with Gasteiger partial charge in [-0.1, -0.05) is 0 Å². The zero-order valence-corrected chi connectivity index (χ0v) is 13.7. The summed E-state index contributed by atoms with van der Waals surface area (Å²) in [6, 6.07) is 7.23. The molecule has 0 aliphatic heterocycles. The fraction of sp³-hybridized carbons (Fsp3) is 0.471. The molecule has 0 unspecified atom stereocenters. The van der Waals surface area contributed by atoms with Gasteiger partial charge in [-0.2, -0.15) is 0 Å². The number of hydrogen-bond acceptors (Lipinski definition) is 5. The average Bonchev–Trinajstić information content (AvgIpc) is 3.02. The molecule has 0 atom stereocenters. The Morgan fingerprint density at radius 3 is 2.50 bits per heavy atom. The van der Waals surface area contributed by atoms with Crippen LogP contribution in [0.5, 0.6) is 0 Å². The van der Waals surface area contributed by atoms with E-state index in [1.807, 2.05) is 12.1 Å². The molecule has 3 rings (SSSR count). The third-order valence-electron chi connectivity index (χ3n) is 4.36. The molecule has 24 heavy (non-hydrogen) atoms. The van der Waals surface area contributed by atoms with E-state index in [2.05, 4.69) is 20.8 Å². The van der Waals surface area contributed by atoms with Gasteiger partial charge in [0.05, 0.1) is 0 Å². The van der Waals surface area contributed by atoms with Crippen LogP contribution in [0.15, 0.2) is 28.7 Å². The Bertz CT molecular complexity index is 675. The second kappa shape index (κ2) is 7.44. The molecule has 7 nitrogen and oxygen atoms in total. The Labute approximate surface area is 140 Å². The number of aliphatic hydroxyl groups excluding tert-OH is 1. The van der Waals surface area contributed by atoms with Crippen molar-refractivity contribution in [3.63, 3.8) is 0 Å². The molecular weight excluding hydrogens is 308 g/mol. The normalized spacial score (nSPS) is 20.6. The zero-order valence-electron chi connectivity index (χ0n) is 13.7. The third kappa shape index (κ3) is 4.11. The molecule has 3 N–H and O–H groups in total. The zero-order chi connectivity index (χ0) is 16.9. The summed E-state index contributed by atoms with van der Waals surface area (Å²) in [5, 5.41) is 22.7. The van der Waals surface area contributed by atoms with E-state index in [0.717, 1.165) is 31.2 Å². The number of carbonyl (C=O) groups is 1. The standard InChI is InChI=1S/C17H22N4O3/c1-11-20-21-16(24-11)13-4-8-15(9-5-13)19-17(23)18-14-6-2-12(10-22)3-7-14/h4-5,8-9,12,14,22H,2-3,6-7,10H2,1H3,(H2,18,19,23). The van der Waals surface area contributed by atoms with Crippen LogP contribution in [0.4, 0.5) is 10.5 Å². The molecule has 1 fully saturated rings. The number of anilines is 1. The number of amides is 2. The number of carbonyl (C=O) groups excluding carboxylic acids is 1. The van der Waals surface area contributed by atoms with Gasteiger partial charge in [-0.3, -0.25) is 0 Å². The average molecular weight is 330 g/mol. The minimum absolute atomic E-state index is 0.174. The first-order valence-corrected chi connectivity index (χ1v) is 8.23. The highest BCUT2D eigenvalue weighted by molar-refractivity contribution is 5.89. The maximum Gasteiger partial charge on any atom is 0.319 e. The van der Waals surface area contributed by atoms with Crippen molar-refractivity contribution >= 4 is 11.7 Å². The Morgan fingerprint density at radius 1 is 1.21 bits per heavy atom. The first kappa shape index (κ1) is 16.4. The first-order chi connectivity index (χ1) is 11.6. The third-order valence-corrected chi connectivity index (χ3v) is 4.36. The van der Waals surface area contributed by atoms with Crippen molar-refractivity contribution in [2.45, 2.75) is 38.6 Å². The van der Waals surface area contributed by atoms with Crippen LogP contribution >= 0.6 is 0 Å². The molecule has 0 spiro atoms. The number of aryl methyl sites for hydroxylation is 1. The van der Waals surface area contributed by atoms with Gasteiger partial charge in [0.1, 0.15) is 0 Å². The summed E-state index contributed by atoms with van der Waals surface area (Å²) in [4.78, 5) is 12.1. The lowest BCUT2D eigenvalue weighted by Gasteiger charge is -2.27. The molecule has 7 heteroatoms. The van der Waals surface area contributed by atoms with Gasteiger partial charge < -0.3 is 20.2 Å². The van der Waals surface area contributed by atoms with E-state index >= 15 is 0 Å². The largest absolute Gasteiger partial charge is 0.421 e. The number of benzene rings is 1. The van der Waals surface area contributed by atoms with Gasteiger partial charge in [0.25, 0.3) is 0 Å². The van der Waals surface area contributed by atoms with E-state index in [1.165, 1.54) is 0 Å². The van der Waals surface area contributed by atoms with Crippen molar-refractivity contribution in [3.8, 4) is 11.5 Å². The summed E-state index contributed by atoms with van der Waals surface area (Å²) >= 11 is 0. The van der Waals surface area contributed by atoms with Crippen molar-refractivity contribution in [1.29, 1.82) is 0 Å². The van der Waals surface area contributed by atoms with Crippen molar-refractivity contribution in [2.75, 3.05) is 11.9 Å². The number of rotatable bonds is 4. The van der Waals surface area contributed by atoms with Crippen LogP contribution in [0.3, 0.4) is 0 Å². The lowest BCUT2D eigenvalue weighted by atomic mass is 9.87. The Hall–Kier alpha value is -2.41. The number of aromatic nitrogens is 2. The van der Waals surface area contributed by atoms with Crippen LogP contribution in [0.25, 0.3) is 11.5 Å². The van der Waals surface area contributed by atoms with Crippen molar-refractivity contribution < 1.29 is 14.3 Å². The molecule has 1 heterocycles. The van der Waals surface area contributed by atoms with E-state index in [0.29, 0.717) is 23.4 Å². The van der Waals surface area contributed by atoms with Gasteiger partial charge in [0.2, 0.25) is 11.8 Å². The van der Waals surface area contributed by atoms with E-state index in [-0.39, 0.29) is 18.7 Å². The smallest absolute Gasteiger partial charge is 0.319 e. The Morgan fingerprint density at radius 2 is 1.92 bits per heavy atom. The van der Waals surface area contributed by atoms with Crippen LogP contribution in [-0.4, -0.2) is 34.0 Å². The van der Waals surface area contributed by atoms with Gasteiger partial charge >= 0.3 is 6.03 Å². The molecule has 2 aromatic rings. The SMILES string of the molecule is Cc1nnc(-c2ccc(NC(=O)NC3CCC(CO)CC3)cc2)o1. The van der Waals surface area contributed by atoms with E-state index < -0.39 is 0 Å². The fourth-order valence-electron chi connectivity index (χ4n) is 2.95. The molecule has 1 aromatic carbocycles. The summed E-state index contributed by atoms with van der Waals surface area (Å²) in [5.41, 5.74) is 1.51. The van der Waals surface area contributed by atoms with Crippen LogP contribution in [0.2, 0.25) is 0 Å². The first-order valence-electron chi connectivity index (χ1n) is 8.23. The van der Waals surface area contributed by atoms with Crippen molar-refractivity contribution in [1.82, 2.24) is 15.5 Å². The second-order valence-corrected chi connectivity index (χ2v) is 6.20. The molecule has 0 bridgehead atoms. The molecule has 128 valence electrons. The predicted octanol–water partition coefficient (Wildman–Crippen LogP) is 2.72. The van der Waals surface area contributed by atoms with Crippen molar-refractivity contribution in [2.24, 2.45) is 5.92 Å². The van der Waals surface area contributed by atoms with Gasteiger partial charge in [-0.05, 0) is 55.9 Å². The van der Waals surface area contributed by atoms with Gasteiger partial charge in [-0.25, -0.2) is 4.79 Å². The van der Waals surface area contributed by atoms with Gasteiger partial charge in [0, 0.05) is 30.8 Å². The molecule has 1 aliphatic carbocycles. The van der Waals surface area contributed by atoms with Crippen LogP contribution in [0.1, 0.15) is 31.6 Å². The monoisotopic (exact) mass is 330 g/mol. The molecule has 0 radical (unpaired) electrons. The highest BCUT2D eigenvalue weighted by Gasteiger charge is 2.21. The summed E-state index contributed by atoms with van der Waals surface area (Å²) < 4.78 is 5.37. The van der Waals surface area contributed by atoms with E-state index in [9.17, 15) is 4.79 Å². The molecule has 1 aliphatic rings. The highest BCUT2D eigenvalue weighted by atomic mass is 16.4. The quantitative estimate of drug-likeness (QED) is 0.800. The number of hydrogen-bond donors (Lipinski definition) is 3. The molecular formula is C17H22N4O3. The number of nitrogens with zero attached hydrogens (tertiary/aromatic N) is 2. The molecule has 2 amide bonds. The minimum Gasteiger partial charge on any atom is -0.421 e. The van der Waals surface area contributed by atoms with E-state index in [1.54, 1.807) is 19.1 Å². The highest BCUT2D eigenvalue weighted by Crippen LogP contribution is 2.24. The van der Waals surface area contributed by atoms with Crippen LogP contribution in [-0.2, 0) is 0 Å². The topological polar surface area (TPSA) is 100 Å². The molecule has 1 saturated carbocycles. The number of urea groups is 1. The Balaban J connectivity index is 1.51. The maximum absolute atomic E-state index is 12.1. The van der Waals surface area contributed by atoms with Crippen LogP contribution < -0.4 is 10.6 Å². The number of nitrogens with one attached hydrogen (secondary N) is 2. The lowest BCUT2D eigenvalue weighted by molar-refractivity contribution is 0.176. The summed E-state index contributed by atoms with van der Waals surface area (Å²) in [7, 11) is 0. The summed E-state index contributed by atoms with van der Waals surface area (Å²) in [5.74, 6) is 1.36. The maximum atomic E-state index is 12.1. The minimum atomic E-state index is -0.205. The Kier molecular flexibility index (Phi) is 5.10. The molecule has 0 saturated heterocycles. The number of aliphatic hydroxyl groups is 1.